The van der Waals surface area contributed by atoms with Crippen molar-refractivity contribution in [1.82, 2.24) is 9.97 Å². The summed E-state index contributed by atoms with van der Waals surface area (Å²) in [5.74, 6) is -1.13. The number of anilines is 2. The van der Waals surface area contributed by atoms with E-state index in [1.54, 1.807) is 0 Å². The van der Waals surface area contributed by atoms with E-state index in [-0.39, 0.29) is 28.0 Å². The van der Waals surface area contributed by atoms with Crippen LogP contribution in [0.3, 0.4) is 0 Å². The van der Waals surface area contributed by atoms with Crippen molar-refractivity contribution in [2.75, 3.05) is 23.8 Å². The third-order valence-corrected chi connectivity index (χ3v) is 4.67. The molecule has 0 radical (unpaired) electrons. The van der Waals surface area contributed by atoms with Crippen molar-refractivity contribution in [1.29, 1.82) is 0 Å². The summed E-state index contributed by atoms with van der Waals surface area (Å²) < 4.78 is 63.8. The normalized spacial score (nSPS) is 12.9. The fourth-order valence-corrected chi connectivity index (χ4v) is 2.98. The van der Waals surface area contributed by atoms with E-state index in [0.717, 1.165) is 0 Å². The van der Waals surface area contributed by atoms with Crippen LogP contribution in [0.1, 0.15) is 15.9 Å². The number of carbonyl (C=O) groups is 1. The number of benzene rings is 2. The molecular formula is C20H13ClF4N4O3. The van der Waals surface area contributed by atoms with Crippen molar-refractivity contribution < 1.29 is 31.8 Å². The molecule has 0 fully saturated rings. The molecule has 4 rings (SSSR count). The number of rotatable bonds is 4. The van der Waals surface area contributed by atoms with Gasteiger partial charge in [0.25, 0.3) is 11.8 Å². The molecule has 0 saturated heterocycles. The number of hydrogen-bond acceptors (Lipinski definition) is 6. The molecule has 0 bridgehead atoms. The third kappa shape index (κ3) is 4.52. The minimum absolute atomic E-state index is 0.0268. The van der Waals surface area contributed by atoms with Crippen LogP contribution in [0.5, 0.6) is 17.4 Å². The number of nitrogens with zero attached hydrogens (tertiary/aromatic N) is 2. The molecule has 2 N–H and O–H groups in total. The monoisotopic (exact) mass is 468 g/mol. The van der Waals surface area contributed by atoms with E-state index < -0.39 is 29.2 Å². The van der Waals surface area contributed by atoms with Gasteiger partial charge in [-0.3, -0.25) is 4.79 Å². The van der Waals surface area contributed by atoms with Crippen LogP contribution in [0.25, 0.3) is 0 Å². The Balaban J connectivity index is 1.59. The molecular weight excluding hydrogens is 456 g/mol. The lowest BCUT2D eigenvalue weighted by atomic mass is 10.1. The molecule has 7 nitrogen and oxygen atoms in total. The van der Waals surface area contributed by atoms with E-state index >= 15 is 0 Å². The van der Waals surface area contributed by atoms with Crippen molar-refractivity contribution in [2.24, 2.45) is 0 Å². The van der Waals surface area contributed by atoms with Crippen LogP contribution in [0.4, 0.5) is 29.1 Å². The number of ether oxygens (including phenoxy) is 2. The molecule has 0 unspecified atom stereocenters. The van der Waals surface area contributed by atoms with Gasteiger partial charge in [-0.05, 0) is 36.4 Å². The topological polar surface area (TPSA) is 85.4 Å². The van der Waals surface area contributed by atoms with Crippen molar-refractivity contribution in [2.45, 2.75) is 6.18 Å². The van der Waals surface area contributed by atoms with Gasteiger partial charge in [-0.1, -0.05) is 11.6 Å². The van der Waals surface area contributed by atoms with E-state index in [1.807, 2.05) is 0 Å². The standard InChI is InChI=1S/C20H13ClF4N4O3/c21-12-3-1-10(18(30)29-14-8-11(20(23,24)25)2-4-13(14)22)7-15(12)32-19-16-17(27-9-28-19)26-5-6-31-16/h1-4,7-9H,5-6H2,(H,29,30)(H,26,27,28). The van der Waals surface area contributed by atoms with Gasteiger partial charge in [0.05, 0.1) is 22.8 Å². The molecule has 1 aromatic heterocycles. The van der Waals surface area contributed by atoms with Crippen LogP contribution in [0.2, 0.25) is 5.02 Å². The second-order valence-corrected chi connectivity index (χ2v) is 6.93. The number of alkyl halides is 3. The first kappa shape index (κ1) is 21.6. The van der Waals surface area contributed by atoms with Crippen molar-refractivity contribution in [3.8, 4) is 17.4 Å². The summed E-state index contributed by atoms with van der Waals surface area (Å²) in [4.78, 5) is 20.6. The van der Waals surface area contributed by atoms with Crippen LogP contribution in [0, 0.1) is 5.82 Å². The van der Waals surface area contributed by atoms with Gasteiger partial charge in [0.2, 0.25) is 5.75 Å². The van der Waals surface area contributed by atoms with Crippen molar-refractivity contribution in [3.63, 3.8) is 0 Å². The zero-order valence-electron chi connectivity index (χ0n) is 16.0. The zero-order valence-corrected chi connectivity index (χ0v) is 16.7. The highest BCUT2D eigenvalue weighted by atomic mass is 35.5. The minimum atomic E-state index is -4.69. The Kier molecular flexibility index (Phi) is 5.74. The summed E-state index contributed by atoms with van der Waals surface area (Å²) in [7, 11) is 0. The van der Waals surface area contributed by atoms with Gasteiger partial charge >= 0.3 is 6.18 Å². The Morgan fingerprint density at radius 3 is 2.78 bits per heavy atom. The average molecular weight is 469 g/mol. The second-order valence-electron chi connectivity index (χ2n) is 6.53. The third-order valence-electron chi connectivity index (χ3n) is 4.35. The van der Waals surface area contributed by atoms with Crippen molar-refractivity contribution >= 4 is 29.0 Å². The summed E-state index contributed by atoms with van der Waals surface area (Å²) in [5, 5.41) is 5.27. The van der Waals surface area contributed by atoms with E-state index in [9.17, 15) is 22.4 Å². The highest BCUT2D eigenvalue weighted by Crippen LogP contribution is 2.38. The number of aromatic nitrogens is 2. The summed E-state index contributed by atoms with van der Waals surface area (Å²) >= 11 is 6.15. The number of amides is 1. The molecule has 2 aromatic carbocycles. The molecule has 0 aliphatic carbocycles. The van der Waals surface area contributed by atoms with Crippen LogP contribution in [0.15, 0.2) is 42.7 Å². The first-order valence-corrected chi connectivity index (χ1v) is 9.47. The maximum absolute atomic E-state index is 14.0. The van der Waals surface area contributed by atoms with Crippen LogP contribution >= 0.6 is 11.6 Å². The van der Waals surface area contributed by atoms with Gasteiger partial charge in [-0.25, -0.2) is 9.37 Å². The van der Waals surface area contributed by atoms with Crippen LogP contribution in [-0.4, -0.2) is 29.0 Å². The maximum Gasteiger partial charge on any atom is 0.416 e. The largest absolute Gasteiger partial charge is 0.483 e. The number of hydrogen-bond donors (Lipinski definition) is 2. The fourth-order valence-electron chi connectivity index (χ4n) is 2.83. The van der Waals surface area contributed by atoms with E-state index in [1.165, 1.54) is 24.5 Å². The summed E-state index contributed by atoms with van der Waals surface area (Å²) in [6, 6.07) is 5.62. The smallest absolute Gasteiger partial charge is 0.416 e. The Morgan fingerprint density at radius 1 is 1.19 bits per heavy atom. The fraction of sp³-hybridized carbons (Fsp3) is 0.150. The predicted molar refractivity (Wildman–Crippen MR) is 107 cm³/mol. The maximum atomic E-state index is 14.0. The molecule has 0 atom stereocenters. The van der Waals surface area contributed by atoms with Gasteiger partial charge in [-0.15, -0.1) is 0 Å². The van der Waals surface area contributed by atoms with Gasteiger partial charge < -0.3 is 20.1 Å². The quantitative estimate of drug-likeness (QED) is 0.516. The molecule has 1 aliphatic heterocycles. The predicted octanol–water partition coefficient (Wildman–Crippen LogP) is 5.14. The molecule has 0 spiro atoms. The first-order chi connectivity index (χ1) is 15.2. The van der Waals surface area contributed by atoms with Gasteiger partial charge in [-0.2, -0.15) is 18.2 Å². The van der Waals surface area contributed by atoms with Gasteiger partial charge in [0, 0.05) is 5.56 Å². The van der Waals surface area contributed by atoms with Crippen molar-refractivity contribution in [3.05, 3.63) is 64.7 Å². The highest BCUT2D eigenvalue weighted by molar-refractivity contribution is 6.32. The van der Waals surface area contributed by atoms with Gasteiger partial charge in [0.15, 0.2) is 5.82 Å². The number of nitrogens with one attached hydrogen (secondary N) is 2. The molecule has 1 aliphatic rings. The minimum Gasteiger partial charge on any atom is -0.483 e. The summed E-state index contributed by atoms with van der Waals surface area (Å²) in [5.41, 5.74) is -1.76. The number of carbonyl (C=O) groups excluding carboxylic acids is 1. The Bertz CT molecular complexity index is 1190. The molecule has 3 aromatic rings. The lowest BCUT2D eigenvalue weighted by molar-refractivity contribution is -0.137. The molecule has 12 heteroatoms. The highest BCUT2D eigenvalue weighted by Gasteiger charge is 2.31. The Hall–Kier alpha value is -3.60. The SMILES string of the molecule is O=C(Nc1cc(C(F)(F)F)ccc1F)c1ccc(Cl)c(Oc2ncnc3c2OCCN3)c1. The van der Waals surface area contributed by atoms with E-state index in [0.29, 0.717) is 37.2 Å². The Morgan fingerprint density at radius 2 is 2.00 bits per heavy atom. The number of halogens is 5. The van der Waals surface area contributed by atoms with E-state index in [2.05, 4.69) is 20.6 Å². The molecule has 32 heavy (non-hydrogen) atoms. The number of fused-ring (bicyclic) bond motifs is 1. The molecule has 2 heterocycles. The van der Waals surface area contributed by atoms with Crippen LogP contribution < -0.4 is 20.1 Å². The summed E-state index contributed by atoms with van der Waals surface area (Å²) in [6.07, 6.45) is -3.45. The first-order valence-electron chi connectivity index (χ1n) is 9.09. The average Bonchev–Trinajstić information content (AvgIpc) is 2.76. The van der Waals surface area contributed by atoms with Crippen LogP contribution in [-0.2, 0) is 6.18 Å². The Labute approximate surface area is 183 Å². The van der Waals surface area contributed by atoms with E-state index in [4.69, 9.17) is 21.1 Å². The zero-order chi connectivity index (χ0) is 22.9. The lowest BCUT2D eigenvalue weighted by Gasteiger charge is -2.19. The molecule has 166 valence electrons. The molecule has 0 saturated carbocycles. The lowest BCUT2D eigenvalue weighted by Crippen LogP contribution is -2.19. The molecule has 1 amide bonds. The van der Waals surface area contributed by atoms with Gasteiger partial charge in [0.1, 0.15) is 24.5 Å². The summed E-state index contributed by atoms with van der Waals surface area (Å²) in [6.45, 7) is 0.904. The second kappa shape index (κ2) is 8.50.